The Morgan fingerprint density at radius 3 is 2.30 bits per heavy atom. The molecule has 0 unspecified atom stereocenters. The van der Waals surface area contributed by atoms with Crippen LogP contribution < -0.4 is 0 Å². The molecule has 2 aromatic carbocycles. The molecule has 3 aromatic rings. The van der Waals surface area contributed by atoms with Gasteiger partial charge in [0.1, 0.15) is 5.82 Å². The highest BCUT2D eigenvalue weighted by atomic mass is 32.2. The number of hydrogen-bond acceptors (Lipinski definition) is 4. The van der Waals surface area contributed by atoms with Crippen LogP contribution in [0.2, 0.25) is 0 Å². The summed E-state index contributed by atoms with van der Waals surface area (Å²) in [7, 11) is -3.82. The Bertz CT molecular complexity index is 1260. The van der Waals surface area contributed by atoms with Crippen LogP contribution in [0.3, 0.4) is 0 Å². The lowest BCUT2D eigenvalue weighted by molar-refractivity contribution is 0.0696. The lowest BCUT2D eigenvalue weighted by Gasteiger charge is -2.34. The highest BCUT2D eigenvalue weighted by Gasteiger charge is 2.32. The zero-order valence-electron chi connectivity index (χ0n) is 18.9. The highest BCUT2D eigenvalue weighted by molar-refractivity contribution is 7.89. The summed E-state index contributed by atoms with van der Waals surface area (Å²) in [5.74, 6) is -0.709. The molecule has 174 valence electrons. The Kier molecular flexibility index (Phi) is 6.36. The van der Waals surface area contributed by atoms with Crippen LogP contribution in [0.5, 0.6) is 0 Å². The third-order valence-corrected chi connectivity index (χ3v) is 7.72. The Balaban J connectivity index is 1.53. The second kappa shape index (κ2) is 9.07. The fourth-order valence-corrected chi connectivity index (χ4v) is 5.50. The maximum absolute atomic E-state index is 13.5. The van der Waals surface area contributed by atoms with Crippen molar-refractivity contribution in [2.45, 2.75) is 31.6 Å². The van der Waals surface area contributed by atoms with Crippen molar-refractivity contribution in [2.24, 2.45) is 0 Å². The van der Waals surface area contributed by atoms with Gasteiger partial charge in [0.25, 0.3) is 5.91 Å². The van der Waals surface area contributed by atoms with Crippen LogP contribution in [0.25, 0.3) is 5.69 Å². The molecule has 0 N–H and O–H groups in total. The third kappa shape index (κ3) is 4.56. The topological polar surface area (TPSA) is 75.5 Å². The minimum absolute atomic E-state index is 0.0578. The Morgan fingerprint density at radius 1 is 1.03 bits per heavy atom. The molecule has 0 radical (unpaired) electrons. The molecule has 1 saturated heterocycles. The molecule has 1 fully saturated rings. The number of hydrogen-bond donors (Lipinski definition) is 0. The molecule has 1 aromatic heterocycles. The van der Waals surface area contributed by atoms with Gasteiger partial charge < -0.3 is 4.90 Å². The van der Waals surface area contributed by atoms with E-state index in [-0.39, 0.29) is 42.9 Å². The first-order valence-corrected chi connectivity index (χ1v) is 12.3. The summed E-state index contributed by atoms with van der Waals surface area (Å²) in [5, 5.41) is 4.48. The van der Waals surface area contributed by atoms with Crippen molar-refractivity contribution in [3.63, 3.8) is 0 Å². The maximum atomic E-state index is 13.5. The fraction of sp³-hybridized carbons (Fsp3) is 0.333. The number of amides is 1. The van der Waals surface area contributed by atoms with E-state index in [1.54, 1.807) is 15.8 Å². The van der Waals surface area contributed by atoms with Crippen molar-refractivity contribution in [1.82, 2.24) is 19.0 Å². The predicted octanol–water partition coefficient (Wildman–Crippen LogP) is 3.59. The van der Waals surface area contributed by atoms with Crippen LogP contribution in [0.4, 0.5) is 4.39 Å². The second-order valence-corrected chi connectivity index (χ2v) is 10.4. The van der Waals surface area contributed by atoms with E-state index in [4.69, 9.17) is 0 Å². The van der Waals surface area contributed by atoms with Gasteiger partial charge >= 0.3 is 0 Å². The minimum Gasteiger partial charge on any atom is -0.336 e. The van der Waals surface area contributed by atoms with Gasteiger partial charge in [-0.15, -0.1) is 0 Å². The number of carbonyl (C=O) groups is 1. The number of nitrogens with zero attached hydrogens (tertiary/aromatic N) is 4. The zero-order valence-corrected chi connectivity index (χ0v) is 19.7. The molecule has 7 nitrogen and oxygen atoms in total. The van der Waals surface area contributed by atoms with Crippen LogP contribution in [-0.2, 0) is 10.0 Å². The van der Waals surface area contributed by atoms with E-state index in [9.17, 15) is 17.6 Å². The van der Waals surface area contributed by atoms with Crippen LogP contribution >= 0.6 is 0 Å². The number of halogens is 1. The van der Waals surface area contributed by atoms with Gasteiger partial charge in [0.05, 0.1) is 28.0 Å². The molecule has 1 aliphatic rings. The van der Waals surface area contributed by atoms with Gasteiger partial charge in [-0.25, -0.2) is 17.5 Å². The first-order chi connectivity index (χ1) is 15.7. The van der Waals surface area contributed by atoms with Crippen LogP contribution in [0.15, 0.2) is 59.6 Å². The summed E-state index contributed by atoms with van der Waals surface area (Å²) >= 11 is 0. The van der Waals surface area contributed by atoms with Gasteiger partial charge in [-0.3, -0.25) is 4.79 Å². The number of piperazine rings is 1. The Labute approximate surface area is 193 Å². The fourth-order valence-electron chi connectivity index (χ4n) is 4.05. The van der Waals surface area contributed by atoms with Crippen molar-refractivity contribution in [2.75, 3.05) is 26.2 Å². The predicted molar refractivity (Wildman–Crippen MR) is 123 cm³/mol. The van der Waals surface area contributed by atoms with Crippen molar-refractivity contribution < 1.29 is 17.6 Å². The summed E-state index contributed by atoms with van der Waals surface area (Å²) in [6.45, 7) is 6.84. The Morgan fingerprint density at radius 2 is 1.70 bits per heavy atom. The van der Waals surface area contributed by atoms with Crippen LogP contribution in [-0.4, -0.2) is 59.5 Å². The van der Waals surface area contributed by atoms with E-state index in [0.29, 0.717) is 5.56 Å². The average Bonchev–Trinajstić information content (AvgIpc) is 3.25. The first-order valence-electron chi connectivity index (χ1n) is 10.9. The largest absolute Gasteiger partial charge is 0.336 e. The first kappa shape index (κ1) is 23.1. The van der Waals surface area contributed by atoms with Gasteiger partial charge in [0.15, 0.2) is 0 Å². The molecular formula is C24H27FN4O3S. The summed E-state index contributed by atoms with van der Waals surface area (Å²) in [6.07, 6.45) is 1.59. The number of carbonyl (C=O) groups excluding carboxylic acids is 1. The molecule has 33 heavy (non-hydrogen) atoms. The Hall–Kier alpha value is -3.04. The molecule has 1 aliphatic heterocycles. The monoisotopic (exact) mass is 470 g/mol. The quantitative estimate of drug-likeness (QED) is 0.571. The number of rotatable bonds is 5. The van der Waals surface area contributed by atoms with E-state index >= 15 is 0 Å². The average molecular weight is 471 g/mol. The normalized spacial score (nSPS) is 15.2. The summed E-state index contributed by atoms with van der Waals surface area (Å²) in [4.78, 5) is 14.9. The number of benzene rings is 2. The molecule has 0 atom stereocenters. The molecule has 2 heterocycles. The SMILES string of the molecule is Cc1ccc(-n2ncc(C(=O)N3CCN(S(=O)(=O)c4cccc(F)c4)CC3)c2C(C)C)cc1. The third-order valence-electron chi connectivity index (χ3n) is 5.82. The van der Waals surface area contributed by atoms with E-state index in [1.165, 1.54) is 22.5 Å². The standard InChI is InChI=1S/C24H27FN4O3S/c1-17(2)23-22(16-26-29(23)20-9-7-18(3)8-10-20)24(30)27-11-13-28(14-12-27)33(31,32)21-6-4-5-19(25)15-21/h4-10,15-17H,11-14H2,1-3H3. The van der Waals surface area contributed by atoms with Gasteiger partial charge in [0.2, 0.25) is 10.0 Å². The molecule has 4 rings (SSSR count). The molecule has 0 aliphatic carbocycles. The number of sulfonamides is 1. The molecule has 1 amide bonds. The van der Waals surface area contributed by atoms with Gasteiger partial charge in [-0.05, 0) is 43.2 Å². The molecule has 9 heteroatoms. The number of aromatic nitrogens is 2. The van der Waals surface area contributed by atoms with Crippen molar-refractivity contribution in [1.29, 1.82) is 0 Å². The second-order valence-electron chi connectivity index (χ2n) is 8.50. The van der Waals surface area contributed by atoms with Crippen LogP contribution in [0.1, 0.15) is 41.4 Å². The molecule has 0 saturated carbocycles. The van der Waals surface area contributed by atoms with Gasteiger partial charge in [0, 0.05) is 26.2 Å². The maximum Gasteiger partial charge on any atom is 0.257 e. The lowest BCUT2D eigenvalue weighted by atomic mass is 10.0. The van der Waals surface area contributed by atoms with Gasteiger partial charge in [-0.1, -0.05) is 37.6 Å². The minimum atomic E-state index is -3.82. The van der Waals surface area contributed by atoms with Crippen molar-refractivity contribution >= 4 is 15.9 Å². The van der Waals surface area contributed by atoms with E-state index in [0.717, 1.165) is 23.0 Å². The lowest BCUT2D eigenvalue weighted by Crippen LogP contribution is -2.50. The van der Waals surface area contributed by atoms with Crippen molar-refractivity contribution in [3.05, 3.63) is 77.4 Å². The van der Waals surface area contributed by atoms with Crippen molar-refractivity contribution in [3.8, 4) is 5.69 Å². The summed E-state index contributed by atoms with van der Waals surface area (Å²) in [6, 6.07) is 12.9. The van der Waals surface area contributed by atoms with Crippen LogP contribution in [0, 0.1) is 12.7 Å². The van der Waals surface area contributed by atoms with Gasteiger partial charge in [-0.2, -0.15) is 9.40 Å². The van der Waals surface area contributed by atoms with E-state index < -0.39 is 15.8 Å². The summed E-state index contributed by atoms with van der Waals surface area (Å²) in [5.41, 5.74) is 3.36. The zero-order chi connectivity index (χ0) is 23.8. The molecule has 0 bridgehead atoms. The van der Waals surface area contributed by atoms with E-state index in [1.807, 2.05) is 45.0 Å². The number of aryl methyl sites for hydroxylation is 1. The highest BCUT2D eigenvalue weighted by Crippen LogP contribution is 2.26. The van der Waals surface area contributed by atoms with E-state index in [2.05, 4.69) is 5.10 Å². The molecule has 0 spiro atoms. The molecular weight excluding hydrogens is 443 g/mol. The smallest absolute Gasteiger partial charge is 0.257 e. The summed E-state index contributed by atoms with van der Waals surface area (Å²) < 4.78 is 42.3.